The van der Waals surface area contributed by atoms with Crippen molar-refractivity contribution in [2.24, 2.45) is 23.5 Å². The van der Waals surface area contributed by atoms with Crippen molar-refractivity contribution in [3.8, 4) is 11.5 Å². The number of fused-ring (bicyclic) bond motifs is 3. The molecule has 2 fully saturated rings. The highest BCUT2D eigenvalue weighted by molar-refractivity contribution is 5.79. The molecule has 2 atom stereocenters. The highest BCUT2D eigenvalue weighted by Crippen LogP contribution is 2.42. The van der Waals surface area contributed by atoms with Crippen molar-refractivity contribution < 1.29 is 19.0 Å². The first-order chi connectivity index (χ1) is 13.2. The van der Waals surface area contributed by atoms with E-state index >= 15 is 0 Å². The van der Waals surface area contributed by atoms with Crippen molar-refractivity contribution >= 4 is 5.91 Å². The van der Waals surface area contributed by atoms with Gasteiger partial charge in [-0.15, -0.1) is 0 Å². The maximum Gasteiger partial charge on any atom is 0.231 e. The van der Waals surface area contributed by atoms with Crippen LogP contribution in [0.1, 0.15) is 37.7 Å². The van der Waals surface area contributed by atoms with Gasteiger partial charge in [-0.2, -0.15) is 0 Å². The maximum absolute atomic E-state index is 13.4. The molecule has 2 unspecified atom stereocenters. The highest BCUT2D eigenvalue weighted by Gasteiger charge is 2.41. The Kier molecular flexibility index (Phi) is 5.55. The summed E-state index contributed by atoms with van der Waals surface area (Å²) in [5, 5.41) is 0. The number of hydrogen-bond acceptors (Lipinski definition) is 5. The summed E-state index contributed by atoms with van der Waals surface area (Å²) in [6.45, 7) is 1.96. The molecule has 27 heavy (non-hydrogen) atoms. The van der Waals surface area contributed by atoms with E-state index in [1.807, 2.05) is 23.1 Å². The van der Waals surface area contributed by atoms with Gasteiger partial charge in [-0.25, -0.2) is 0 Å². The van der Waals surface area contributed by atoms with Crippen molar-refractivity contribution in [2.75, 3.05) is 27.1 Å². The Balaban J connectivity index is 1.47. The zero-order valence-corrected chi connectivity index (χ0v) is 16.1. The molecule has 6 nitrogen and oxygen atoms in total. The van der Waals surface area contributed by atoms with Crippen LogP contribution in [0, 0.1) is 17.8 Å². The van der Waals surface area contributed by atoms with E-state index in [2.05, 4.69) is 0 Å². The van der Waals surface area contributed by atoms with Crippen molar-refractivity contribution in [2.45, 2.75) is 44.7 Å². The van der Waals surface area contributed by atoms with Crippen molar-refractivity contribution in [1.82, 2.24) is 4.90 Å². The second kappa shape index (κ2) is 8.07. The summed E-state index contributed by atoms with van der Waals surface area (Å²) in [5.41, 5.74) is 7.46. The molecule has 1 aliphatic heterocycles. The normalized spacial score (nSPS) is 28.8. The van der Waals surface area contributed by atoms with Gasteiger partial charge in [0.1, 0.15) is 0 Å². The Labute approximate surface area is 160 Å². The standard InChI is InChI=1S/C21H30N2O4/c1-25-8-7-23(12-14-5-6-18-19(9-14)27-13-26-18)21(24)17-10-15-3-2-4-16(11-17)20(15)22/h5-6,9,15-17,20H,2-4,7-8,10-13,22H2,1H3. The van der Waals surface area contributed by atoms with Gasteiger partial charge in [0, 0.05) is 32.2 Å². The van der Waals surface area contributed by atoms with Crippen molar-refractivity contribution in [3.63, 3.8) is 0 Å². The lowest BCUT2D eigenvalue weighted by Gasteiger charge is -2.44. The van der Waals surface area contributed by atoms with Gasteiger partial charge in [-0.1, -0.05) is 12.5 Å². The van der Waals surface area contributed by atoms with Crippen LogP contribution in [0.2, 0.25) is 0 Å². The molecule has 3 aliphatic rings. The number of methoxy groups -OCH3 is 1. The summed E-state index contributed by atoms with van der Waals surface area (Å²) in [4.78, 5) is 15.3. The van der Waals surface area contributed by atoms with Crippen LogP contribution >= 0.6 is 0 Å². The van der Waals surface area contributed by atoms with Crippen molar-refractivity contribution in [3.05, 3.63) is 23.8 Å². The molecule has 1 amide bonds. The number of nitrogens with two attached hydrogens (primary N) is 1. The molecule has 148 valence electrons. The predicted molar refractivity (Wildman–Crippen MR) is 101 cm³/mol. The van der Waals surface area contributed by atoms with Gasteiger partial charge in [-0.05, 0) is 55.2 Å². The van der Waals surface area contributed by atoms with Crippen molar-refractivity contribution in [1.29, 1.82) is 0 Å². The number of ether oxygens (including phenoxy) is 3. The van der Waals surface area contributed by atoms with Gasteiger partial charge in [-0.3, -0.25) is 4.79 Å². The summed E-state index contributed by atoms with van der Waals surface area (Å²) in [6, 6.07) is 6.18. The molecule has 2 bridgehead atoms. The average molecular weight is 374 g/mol. The molecule has 2 N–H and O–H groups in total. The summed E-state index contributed by atoms with van der Waals surface area (Å²) in [5.74, 6) is 2.86. The summed E-state index contributed by atoms with van der Waals surface area (Å²) in [6.07, 6.45) is 5.46. The summed E-state index contributed by atoms with van der Waals surface area (Å²) in [7, 11) is 1.67. The zero-order valence-electron chi connectivity index (χ0n) is 16.1. The lowest BCUT2D eigenvalue weighted by Crippen LogP contribution is -2.50. The van der Waals surface area contributed by atoms with Crippen LogP contribution in [-0.4, -0.2) is 43.9 Å². The molecule has 2 aliphatic carbocycles. The Morgan fingerprint density at radius 2 is 1.96 bits per heavy atom. The molecular formula is C21H30N2O4. The van der Waals surface area contributed by atoms with Crippen LogP contribution in [0.15, 0.2) is 18.2 Å². The van der Waals surface area contributed by atoms with E-state index in [-0.39, 0.29) is 24.7 Å². The first kappa shape index (κ1) is 18.6. The third-order valence-electron chi connectivity index (χ3n) is 6.45. The van der Waals surface area contributed by atoms with E-state index in [0.717, 1.165) is 29.9 Å². The number of rotatable bonds is 6. The second-order valence-corrected chi connectivity index (χ2v) is 8.14. The summed E-state index contributed by atoms with van der Waals surface area (Å²) < 4.78 is 16.1. The number of nitrogens with zero attached hydrogens (tertiary/aromatic N) is 1. The molecule has 0 saturated heterocycles. The Bertz CT molecular complexity index is 666. The molecule has 4 rings (SSSR count). The SMILES string of the molecule is COCCN(Cc1ccc2c(c1)OCO2)C(=O)C1CC2CCCC(C1)C2N. The number of carbonyl (C=O) groups is 1. The number of hydrogen-bond donors (Lipinski definition) is 1. The molecule has 2 saturated carbocycles. The number of amides is 1. The van der Waals surface area contributed by atoms with Gasteiger partial charge < -0.3 is 24.8 Å². The van der Waals surface area contributed by atoms with E-state index in [0.29, 0.717) is 31.5 Å². The number of carbonyl (C=O) groups excluding carboxylic acids is 1. The van der Waals surface area contributed by atoms with E-state index in [1.165, 1.54) is 19.3 Å². The van der Waals surface area contributed by atoms with Crippen LogP contribution in [-0.2, 0) is 16.1 Å². The van der Waals surface area contributed by atoms with Crippen LogP contribution < -0.4 is 15.2 Å². The zero-order chi connectivity index (χ0) is 18.8. The fourth-order valence-electron chi connectivity index (χ4n) is 4.98. The second-order valence-electron chi connectivity index (χ2n) is 8.14. The smallest absolute Gasteiger partial charge is 0.231 e. The Hall–Kier alpha value is -1.79. The average Bonchev–Trinajstić information content (AvgIpc) is 3.12. The minimum Gasteiger partial charge on any atom is -0.454 e. The third-order valence-corrected chi connectivity index (χ3v) is 6.45. The topological polar surface area (TPSA) is 74.0 Å². The lowest BCUT2D eigenvalue weighted by atomic mass is 9.65. The van der Waals surface area contributed by atoms with Crippen LogP contribution in [0.5, 0.6) is 11.5 Å². The van der Waals surface area contributed by atoms with Crippen LogP contribution in [0.25, 0.3) is 0 Å². The molecule has 0 aromatic heterocycles. The largest absolute Gasteiger partial charge is 0.454 e. The maximum atomic E-state index is 13.4. The minimum atomic E-state index is 0.0889. The van der Waals surface area contributed by atoms with E-state index in [9.17, 15) is 4.79 Å². The van der Waals surface area contributed by atoms with E-state index < -0.39 is 0 Å². The highest BCUT2D eigenvalue weighted by atomic mass is 16.7. The lowest BCUT2D eigenvalue weighted by molar-refractivity contribution is -0.140. The number of benzene rings is 1. The van der Waals surface area contributed by atoms with Gasteiger partial charge >= 0.3 is 0 Å². The summed E-state index contributed by atoms with van der Waals surface area (Å²) >= 11 is 0. The Morgan fingerprint density at radius 1 is 1.22 bits per heavy atom. The third kappa shape index (κ3) is 3.92. The first-order valence-electron chi connectivity index (χ1n) is 10.1. The molecule has 0 radical (unpaired) electrons. The monoisotopic (exact) mass is 374 g/mol. The van der Waals surface area contributed by atoms with Crippen LogP contribution in [0.4, 0.5) is 0 Å². The molecule has 1 aromatic carbocycles. The molecular weight excluding hydrogens is 344 g/mol. The fraction of sp³-hybridized carbons (Fsp3) is 0.667. The van der Waals surface area contributed by atoms with Gasteiger partial charge in [0.25, 0.3) is 0 Å². The molecule has 6 heteroatoms. The molecule has 1 aromatic rings. The van der Waals surface area contributed by atoms with Gasteiger partial charge in [0.15, 0.2) is 11.5 Å². The fourth-order valence-corrected chi connectivity index (χ4v) is 4.98. The van der Waals surface area contributed by atoms with E-state index in [4.69, 9.17) is 19.9 Å². The van der Waals surface area contributed by atoms with Gasteiger partial charge in [0.2, 0.25) is 12.7 Å². The molecule has 0 spiro atoms. The predicted octanol–water partition coefficient (Wildman–Crippen LogP) is 2.54. The Morgan fingerprint density at radius 3 is 2.70 bits per heavy atom. The minimum absolute atomic E-state index is 0.0889. The van der Waals surface area contributed by atoms with Gasteiger partial charge in [0.05, 0.1) is 6.61 Å². The van der Waals surface area contributed by atoms with E-state index in [1.54, 1.807) is 7.11 Å². The quantitative estimate of drug-likeness (QED) is 0.828. The first-order valence-corrected chi connectivity index (χ1v) is 10.1. The molecule has 1 heterocycles. The van der Waals surface area contributed by atoms with Crippen LogP contribution in [0.3, 0.4) is 0 Å².